The molecular formula is C12H18IN4OSi. The van der Waals surface area contributed by atoms with E-state index in [0.29, 0.717) is 6.73 Å². The monoisotopic (exact) mass is 389 g/mol. The fourth-order valence-corrected chi connectivity index (χ4v) is 3.19. The van der Waals surface area contributed by atoms with Crippen LogP contribution in [0.5, 0.6) is 0 Å². The summed E-state index contributed by atoms with van der Waals surface area (Å²) in [5.41, 5.74) is 0.919. The molecule has 0 bridgehead atoms. The number of fused-ring (bicyclic) bond motifs is 1. The largest absolute Gasteiger partial charge is 0.372 e. The Kier molecular flexibility index (Phi) is 5.17. The molecule has 5 nitrogen and oxygen atoms in total. The second-order valence-electron chi connectivity index (χ2n) is 4.61. The van der Waals surface area contributed by atoms with E-state index in [1.165, 1.54) is 6.04 Å². The molecule has 1 radical (unpaired) electrons. The predicted octanol–water partition coefficient (Wildman–Crippen LogP) is 2.81. The molecule has 0 aromatic carbocycles. The van der Waals surface area contributed by atoms with Crippen LogP contribution >= 0.6 is 22.6 Å². The van der Waals surface area contributed by atoms with E-state index in [9.17, 15) is 0 Å². The molecule has 0 spiro atoms. The highest BCUT2D eigenvalue weighted by molar-refractivity contribution is 14.1. The highest BCUT2D eigenvalue weighted by Crippen LogP contribution is 2.26. The summed E-state index contributed by atoms with van der Waals surface area (Å²) in [5, 5.41) is 4.16. The van der Waals surface area contributed by atoms with E-state index in [1.54, 1.807) is 6.33 Å². The molecule has 0 fully saturated rings. The van der Waals surface area contributed by atoms with E-state index in [4.69, 9.17) is 4.74 Å². The van der Waals surface area contributed by atoms with Crippen LogP contribution in [0.1, 0.15) is 0 Å². The van der Waals surface area contributed by atoms with Gasteiger partial charge in [0.15, 0.2) is 0 Å². The summed E-state index contributed by atoms with van der Waals surface area (Å²) in [6.45, 7) is 5.97. The standard InChI is InChI=1S/C12H18IN4OSi/c1-14-11-10-9(13)6-17(12(10)16-7-15-11)8-18-4-5-19(2)3/h6-7H,4-5,8H2,1-3H3,(H,14,15,16). The number of anilines is 1. The lowest BCUT2D eigenvalue weighted by molar-refractivity contribution is 0.0901. The smallest absolute Gasteiger partial charge is 0.148 e. The molecule has 2 aromatic heterocycles. The first-order valence-electron chi connectivity index (χ1n) is 6.17. The van der Waals surface area contributed by atoms with Gasteiger partial charge in [-0.1, -0.05) is 13.1 Å². The van der Waals surface area contributed by atoms with Crippen LogP contribution in [0.25, 0.3) is 11.0 Å². The van der Waals surface area contributed by atoms with Gasteiger partial charge in [-0.25, -0.2) is 9.97 Å². The Balaban J connectivity index is 2.16. The van der Waals surface area contributed by atoms with Crippen LogP contribution in [0.3, 0.4) is 0 Å². The van der Waals surface area contributed by atoms with Crippen molar-refractivity contribution < 1.29 is 4.74 Å². The molecule has 103 valence electrons. The van der Waals surface area contributed by atoms with Gasteiger partial charge in [-0.3, -0.25) is 0 Å². The van der Waals surface area contributed by atoms with Crippen LogP contribution in [0, 0.1) is 3.57 Å². The molecule has 2 aromatic rings. The zero-order valence-electron chi connectivity index (χ0n) is 11.4. The van der Waals surface area contributed by atoms with Crippen LogP contribution in [-0.4, -0.2) is 37.0 Å². The number of halogens is 1. The van der Waals surface area contributed by atoms with Crippen LogP contribution in [-0.2, 0) is 11.5 Å². The fourth-order valence-electron chi connectivity index (χ4n) is 1.80. The minimum Gasteiger partial charge on any atom is -0.372 e. The molecule has 0 aliphatic rings. The van der Waals surface area contributed by atoms with E-state index < -0.39 is 0 Å². The molecule has 1 N–H and O–H groups in total. The van der Waals surface area contributed by atoms with Gasteiger partial charge in [0.1, 0.15) is 24.5 Å². The Morgan fingerprint density at radius 1 is 1.42 bits per heavy atom. The third-order valence-corrected chi connectivity index (χ3v) is 4.84. The van der Waals surface area contributed by atoms with Gasteiger partial charge < -0.3 is 14.6 Å². The van der Waals surface area contributed by atoms with Crippen molar-refractivity contribution in [2.45, 2.75) is 25.9 Å². The summed E-state index contributed by atoms with van der Waals surface area (Å²) in [4.78, 5) is 8.60. The highest BCUT2D eigenvalue weighted by atomic mass is 127. The number of hydrogen-bond acceptors (Lipinski definition) is 4. The van der Waals surface area contributed by atoms with Crippen molar-refractivity contribution in [1.29, 1.82) is 0 Å². The maximum atomic E-state index is 5.73. The lowest BCUT2D eigenvalue weighted by atomic mass is 10.4. The Morgan fingerprint density at radius 3 is 2.89 bits per heavy atom. The van der Waals surface area contributed by atoms with Crippen LogP contribution in [0.15, 0.2) is 12.5 Å². The minimum atomic E-state index is -0.207. The summed E-state index contributed by atoms with van der Waals surface area (Å²) < 4.78 is 8.90. The summed E-state index contributed by atoms with van der Waals surface area (Å²) in [7, 11) is 1.67. The third kappa shape index (κ3) is 3.45. The van der Waals surface area contributed by atoms with E-state index in [0.717, 1.165) is 27.0 Å². The van der Waals surface area contributed by atoms with Gasteiger partial charge in [0.25, 0.3) is 0 Å². The first kappa shape index (κ1) is 14.7. The molecular weight excluding hydrogens is 371 g/mol. The van der Waals surface area contributed by atoms with Crippen LogP contribution in [0.2, 0.25) is 19.1 Å². The molecule has 0 amide bonds. The molecule has 0 saturated carbocycles. The Morgan fingerprint density at radius 2 is 2.21 bits per heavy atom. The minimum absolute atomic E-state index is 0.207. The average Bonchev–Trinajstić information content (AvgIpc) is 2.72. The number of nitrogens with one attached hydrogen (secondary N) is 1. The highest BCUT2D eigenvalue weighted by Gasteiger charge is 2.12. The predicted molar refractivity (Wildman–Crippen MR) is 88.0 cm³/mol. The van der Waals surface area contributed by atoms with Crippen molar-refractivity contribution in [3.05, 3.63) is 16.1 Å². The van der Waals surface area contributed by atoms with Crippen molar-refractivity contribution in [1.82, 2.24) is 14.5 Å². The molecule has 19 heavy (non-hydrogen) atoms. The van der Waals surface area contributed by atoms with Gasteiger partial charge in [-0.05, 0) is 28.6 Å². The zero-order chi connectivity index (χ0) is 13.8. The molecule has 0 aliphatic heterocycles. The maximum Gasteiger partial charge on any atom is 0.148 e. The normalized spacial score (nSPS) is 11.4. The second-order valence-corrected chi connectivity index (χ2v) is 8.69. The second kappa shape index (κ2) is 6.66. The van der Waals surface area contributed by atoms with Crippen molar-refractivity contribution in [3.8, 4) is 0 Å². The Labute approximate surface area is 128 Å². The van der Waals surface area contributed by atoms with Crippen molar-refractivity contribution in [2.75, 3.05) is 19.0 Å². The van der Waals surface area contributed by atoms with Gasteiger partial charge >= 0.3 is 0 Å². The number of ether oxygens (including phenoxy) is 1. The number of rotatable bonds is 6. The van der Waals surface area contributed by atoms with E-state index in [-0.39, 0.29) is 8.80 Å². The third-order valence-electron chi connectivity index (χ3n) is 2.82. The lowest BCUT2D eigenvalue weighted by Gasteiger charge is -2.07. The van der Waals surface area contributed by atoms with Crippen LogP contribution < -0.4 is 5.32 Å². The number of aromatic nitrogens is 3. The molecule has 0 aliphatic carbocycles. The molecule has 2 rings (SSSR count). The van der Waals surface area contributed by atoms with Crippen molar-refractivity contribution in [2.24, 2.45) is 0 Å². The summed E-state index contributed by atoms with van der Waals surface area (Å²) in [5.74, 6) is 0.862. The van der Waals surface area contributed by atoms with Crippen molar-refractivity contribution >= 4 is 48.2 Å². The SMILES string of the molecule is CNc1ncnc2c1c(I)cn2COCC[Si](C)C. The topological polar surface area (TPSA) is 52.0 Å². The molecule has 7 heteroatoms. The summed E-state index contributed by atoms with van der Waals surface area (Å²) >= 11 is 2.31. The van der Waals surface area contributed by atoms with Gasteiger partial charge in [-0.2, -0.15) is 0 Å². The number of hydrogen-bond donors (Lipinski definition) is 1. The van der Waals surface area contributed by atoms with Gasteiger partial charge in [0, 0.05) is 32.2 Å². The quantitative estimate of drug-likeness (QED) is 0.469. The van der Waals surface area contributed by atoms with Gasteiger partial charge in [0.2, 0.25) is 0 Å². The van der Waals surface area contributed by atoms with E-state index >= 15 is 0 Å². The van der Waals surface area contributed by atoms with E-state index in [1.807, 2.05) is 11.6 Å². The van der Waals surface area contributed by atoms with Gasteiger partial charge in [-0.15, -0.1) is 0 Å². The lowest BCUT2D eigenvalue weighted by Crippen LogP contribution is -2.08. The molecule has 2 heterocycles. The first-order valence-corrected chi connectivity index (χ1v) is 9.96. The molecule has 0 saturated heterocycles. The Bertz CT molecular complexity index is 558. The molecule has 0 atom stereocenters. The van der Waals surface area contributed by atoms with Crippen molar-refractivity contribution in [3.63, 3.8) is 0 Å². The summed E-state index contributed by atoms with van der Waals surface area (Å²) in [6, 6.07) is 1.18. The molecule has 0 unspecified atom stereocenters. The summed E-state index contributed by atoms with van der Waals surface area (Å²) in [6.07, 6.45) is 3.64. The van der Waals surface area contributed by atoms with Crippen LogP contribution in [0.4, 0.5) is 5.82 Å². The maximum absolute atomic E-state index is 5.73. The average molecular weight is 389 g/mol. The number of nitrogens with zero attached hydrogens (tertiary/aromatic N) is 3. The first-order chi connectivity index (χ1) is 9.13. The Hall–Kier alpha value is -0.673. The fraction of sp³-hybridized carbons (Fsp3) is 0.500. The zero-order valence-corrected chi connectivity index (χ0v) is 14.6. The van der Waals surface area contributed by atoms with E-state index in [2.05, 4.69) is 57.2 Å². The van der Waals surface area contributed by atoms with Gasteiger partial charge in [0.05, 0.1) is 5.39 Å².